The predicted molar refractivity (Wildman–Crippen MR) is 60.5 cm³/mol. The second kappa shape index (κ2) is 5.13. The van der Waals surface area contributed by atoms with Gasteiger partial charge < -0.3 is 10.1 Å². The second-order valence-corrected chi connectivity index (χ2v) is 4.55. The molecule has 0 heterocycles. The van der Waals surface area contributed by atoms with Gasteiger partial charge in [-0.25, -0.2) is 0 Å². The summed E-state index contributed by atoms with van der Waals surface area (Å²) < 4.78 is 5.75. The van der Waals surface area contributed by atoms with E-state index in [-0.39, 0.29) is 0 Å². The SMILES string of the molecule is CCCNC1CC(OCC)C1(C)CC. The van der Waals surface area contributed by atoms with E-state index in [4.69, 9.17) is 4.74 Å². The first-order chi connectivity index (χ1) is 6.69. The Morgan fingerprint density at radius 1 is 1.36 bits per heavy atom. The lowest BCUT2D eigenvalue weighted by atomic mass is 9.61. The van der Waals surface area contributed by atoms with Gasteiger partial charge in [-0.1, -0.05) is 20.8 Å². The smallest absolute Gasteiger partial charge is 0.0658 e. The number of rotatable bonds is 6. The van der Waals surface area contributed by atoms with Crippen LogP contribution in [0.1, 0.15) is 47.0 Å². The summed E-state index contributed by atoms with van der Waals surface area (Å²) >= 11 is 0. The van der Waals surface area contributed by atoms with Gasteiger partial charge in [-0.05, 0) is 32.7 Å². The minimum absolute atomic E-state index is 0.366. The third-order valence-electron chi connectivity index (χ3n) is 3.75. The molecule has 1 aliphatic rings. The highest BCUT2D eigenvalue weighted by Crippen LogP contribution is 2.45. The zero-order valence-electron chi connectivity index (χ0n) is 10.1. The Hall–Kier alpha value is -0.0800. The topological polar surface area (TPSA) is 21.3 Å². The summed E-state index contributed by atoms with van der Waals surface area (Å²) in [5.41, 5.74) is 0.366. The summed E-state index contributed by atoms with van der Waals surface area (Å²) in [5, 5.41) is 3.62. The van der Waals surface area contributed by atoms with Crippen LogP contribution < -0.4 is 5.32 Å². The average Bonchev–Trinajstić information content (AvgIpc) is 2.21. The number of nitrogens with one attached hydrogen (secondary N) is 1. The molecule has 0 aromatic carbocycles. The van der Waals surface area contributed by atoms with Crippen LogP contribution in [-0.4, -0.2) is 25.3 Å². The summed E-state index contributed by atoms with van der Waals surface area (Å²) in [6, 6.07) is 0.670. The molecule has 2 heteroatoms. The first-order valence-electron chi connectivity index (χ1n) is 6.04. The Kier molecular flexibility index (Phi) is 4.39. The molecule has 1 rings (SSSR count). The fourth-order valence-electron chi connectivity index (χ4n) is 2.39. The number of hydrogen-bond acceptors (Lipinski definition) is 2. The lowest BCUT2D eigenvalue weighted by molar-refractivity contribution is -0.125. The molecule has 0 bridgehead atoms. The van der Waals surface area contributed by atoms with Crippen LogP contribution in [0.4, 0.5) is 0 Å². The van der Waals surface area contributed by atoms with Crippen molar-refractivity contribution in [1.82, 2.24) is 5.32 Å². The molecular weight excluding hydrogens is 174 g/mol. The van der Waals surface area contributed by atoms with Crippen molar-refractivity contribution in [2.75, 3.05) is 13.2 Å². The zero-order chi connectivity index (χ0) is 10.6. The summed E-state index contributed by atoms with van der Waals surface area (Å²) in [4.78, 5) is 0. The van der Waals surface area contributed by atoms with Gasteiger partial charge in [-0.15, -0.1) is 0 Å². The quantitative estimate of drug-likeness (QED) is 0.710. The Labute approximate surface area is 88.4 Å². The van der Waals surface area contributed by atoms with E-state index in [9.17, 15) is 0 Å². The average molecular weight is 199 g/mol. The summed E-state index contributed by atoms with van der Waals surface area (Å²) in [6.07, 6.45) is 4.10. The van der Waals surface area contributed by atoms with Gasteiger partial charge in [0, 0.05) is 18.1 Å². The molecule has 1 N–H and O–H groups in total. The van der Waals surface area contributed by atoms with Crippen molar-refractivity contribution < 1.29 is 4.74 Å². The molecular formula is C12H25NO. The van der Waals surface area contributed by atoms with Crippen molar-refractivity contribution in [3.8, 4) is 0 Å². The first-order valence-corrected chi connectivity index (χ1v) is 6.04. The van der Waals surface area contributed by atoms with Crippen LogP contribution in [0.5, 0.6) is 0 Å². The van der Waals surface area contributed by atoms with E-state index in [1.165, 1.54) is 19.3 Å². The van der Waals surface area contributed by atoms with Gasteiger partial charge in [0.05, 0.1) is 6.10 Å². The zero-order valence-corrected chi connectivity index (χ0v) is 10.1. The highest BCUT2D eigenvalue weighted by atomic mass is 16.5. The fourth-order valence-corrected chi connectivity index (χ4v) is 2.39. The lowest BCUT2D eigenvalue weighted by Gasteiger charge is -2.53. The Bertz CT molecular complexity index is 172. The van der Waals surface area contributed by atoms with Crippen LogP contribution in [0.3, 0.4) is 0 Å². The molecule has 0 amide bonds. The number of hydrogen-bond donors (Lipinski definition) is 1. The van der Waals surface area contributed by atoms with E-state index in [2.05, 4.69) is 33.0 Å². The van der Waals surface area contributed by atoms with E-state index in [1.54, 1.807) is 0 Å². The van der Waals surface area contributed by atoms with E-state index < -0.39 is 0 Å². The minimum Gasteiger partial charge on any atom is -0.378 e. The van der Waals surface area contributed by atoms with Gasteiger partial charge in [0.25, 0.3) is 0 Å². The molecule has 14 heavy (non-hydrogen) atoms. The second-order valence-electron chi connectivity index (χ2n) is 4.55. The van der Waals surface area contributed by atoms with Gasteiger partial charge in [0.15, 0.2) is 0 Å². The van der Waals surface area contributed by atoms with Crippen molar-refractivity contribution in [2.45, 2.75) is 59.1 Å². The molecule has 1 saturated carbocycles. The van der Waals surface area contributed by atoms with Gasteiger partial charge in [0.1, 0.15) is 0 Å². The minimum atomic E-state index is 0.366. The Balaban J connectivity index is 2.42. The highest BCUT2D eigenvalue weighted by Gasteiger charge is 2.50. The largest absolute Gasteiger partial charge is 0.378 e. The molecule has 1 aliphatic carbocycles. The van der Waals surface area contributed by atoms with Crippen LogP contribution in [0.15, 0.2) is 0 Å². The summed E-state index contributed by atoms with van der Waals surface area (Å²) in [6.45, 7) is 10.9. The lowest BCUT2D eigenvalue weighted by Crippen LogP contribution is -2.62. The normalized spacial score (nSPS) is 36.9. The van der Waals surface area contributed by atoms with Gasteiger partial charge >= 0.3 is 0 Å². The van der Waals surface area contributed by atoms with Gasteiger partial charge in [0.2, 0.25) is 0 Å². The van der Waals surface area contributed by atoms with E-state index in [0.717, 1.165) is 13.2 Å². The van der Waals surface area contributed by atoms with E-state index >= 15 is 0 Å². The third kappa shape index (κ3) is 2.12. The molecule has 1 fully saturated rings. The molecule has 0 saturated heterocycles. The first kappa shape index (κ1) is 12.0. The molecule has 84 valence electrons. The van der Waals surface area contributed by atoms with E-state index in [0.29, 0.717) is 17.6 Å². The molecule has 0 aliphatic heterocycles. The maximum atomic E-state index is 5.75. The van der Waals surface area contributed by atoms with Crippen molar-refractivity contribution in [3.63, 3.8) is 0 Å². The van der Waals surface area contributed by atoms with Crippen molar-refractivity contribution in [1.29, 1.82) is 0 Å². The molecule has 2 nitrogen and oxygen atoms in total. The Morgan fingerprint density at radius 2 is 2.07 bits per heavy atom. The summed E-state index contributed by atoms with van der Waals surface area (Å²) in [7, 11) is 0. The Morgan fingerprint density at radius 3 is 2.57 bits per heavy atom. The van der Waals surface area contributed by atoms with Crippen LogP contribution in [0, 0.1) is 5.41 Å². The molecule has 0 radical (unpaired) electrons. The van der Waals surface area contributed by atoms with Gasteiger partial charge in [-0.3, -0.25) is 0 Å². The molecule has 0 aromatic rings. The summed E-state index contributed by atoms with van der Waals surface area (Å²) in [5.74, 6) is 0. The molecule has 0 aromatic heterocycles. The monoisotopic (exact) mass is 199 g/mol. The maximum Gasteiger partial charge on any atom is 0.0658 e. The molecule has 0 spiro atoms. The number of ether oxygens (including phenoxy) is 1. The van der Waals surface area contributed by atoms with Crippen LogP contribution in [0.2, 0.25) is 0 Å². The highest BCUT2D eigenvalue weighted by molar-refractivity contribution is 5.04. The van der Waals surface area contributed by atoms with Crippen molar-refractivity contribution in [3.05, 3.63) is 0 Å². The third-order valence-corrected chi connectivity index (χ3v) is 3.75. The van der Waals surface area contributed by atoms with Crippen molar-refractivity contribution >= 4 is 0 Å². The predicted octanol–water partition coefficient (Wildman–Crippen LogP) is 2.58. The van der Waals surface area contributed by atoms with Crippen molar-refractivity contribution in [2.24, 2.45) is 5.41 Å². The van der Waals surface area contributed by atoms with E-state index in [1.807, 2.05) is 0 Å². The molecule has 3 atom stereocenters. The van der Waals surface area contributed by atoms with Crippen LogP contribution in [0.25, 0.3) is 0 Å². The van der Waals surface area contributed by atoms with Gasteiger partial charge in [-0.2, -0.15) is 0 Å². The standard InChI is InChI=1S/C12H25NO/c1-5-8-13-10-9-11(14-7-3)12(10,4)6-2/h10-11,13H,5-9H2,1-4H3. The maximum absolute atomic E-state index is 5.75. The van der Waals surface area contributed by atoms with Crippen LogP contribution in [-0.2, 0) is 4.74 Å². The fraction of sp³-hybridized carbons (Fsp3) is 1.00. The molecule has 3 unspecified atom stereocenters. The van der Waals surface area contributed by atoms with Crippen LogP contribution >= 0.6 is 0 Å².